The van der Waals surface area contributed by atoms with Gasteiger partial charge in [-0.05, 0) is 56.8 Å². The van der Waals surface area contributed by atoms with E-state index < -0.39 is 0 Å². The molecule has 1 fully saturated rings. The fourth-order valence-electron chi connectivity index (χ4n) is 3.63. The first kappa shape index (κ1) is 13.7. The highest BCUT2D eigenvalue weighted by Crippen LogP contribution is 2.47. The van der Waals surface area contributed by atoms with E-state index in [4.69, 9.17) is 9.47 Å². The second-order valence-corrected chi connectivity index (χ2v) is 6.42. The van der Waals surface area contributed by atoms with Crippen LogP contribution in [0.25, 0.3) is 0 Å². The third kappa shape index (κ3) is 2.39. The molecule has 1 aromatic carbocycles. The zero-order valence-corrected chi connectivity index (χ0v) is 12.7. The topological polar surface area (TPSA) is 30.5 Å². The smallest absolute Gasteiger partial charge is 0.125 e. The molecular formula is C17H25NO2. The number of rotatable bonds is 2. The van der Waals surface area contributed by atoms with Gasteiger partial charge in [-0.25, -0.2) is 0 Å². The normalized spacial score (nSPS) is 32.5. The average Bonchev–Trinajstić information content (AvgIpc) is 2.49. The fourth-order valence-corrected chi connectivity index (χ4v) is 3.63. The summed E-state index contributed by atoms with van der Waals surface area (Å²) >= 11 is 0. The van der Waals surface area contributed by atoms with Crippen LogP contribution in [0.2, 0.25) is 0 Å². The summed E-state index contributed by atoms with van der Waals surface area (Å²) in [5.41, 5.74) is 1.28. The molecule has 3 nitrogen and oxygen atoms in total. The zero-order valence-electron chi connectivity index (χ0n) is 12.7. The monoisotopic (exact) mass is 275 g/mol. The molecule has 2 aliphatic rings. The van der Waals surface area contributed by atoms with E-state index in [2.05, 4.69) is 24.4 Å². The molecule has 1 heterocycles. The highest BCUT2D eigenvalue weighted by atomic mass is 16.5. The van der Waals surface area contributed by atoms with Crippen LogP contribution in [-0.2, 0) is 0 Å². The summed E-state index contributed by atoms with van der Waals surface area (Å²) in [5, 5.41) is 3.46. The third-order valence-electron chi connectivity index (χ3n) is 5.03. The molecule has 20 heavy (non-hydrogen) atoms. The van der Waals surface area contributed by atoms with Crippen molar-refractivity contribution in [3.63, 3.8) is 0 Å². The minimum Gasteiger partial charge on any atom is -0.497 e. The van der Waals surface area contributed by atoms with Crippen molar-refractivity contribution in [3.05, 3.63) is 23.8 Å². The summed E-state index contributed by atoms with van der Waals surface area (Å²) in [5.74, 6) is 2.78. The molecule has 1 saturated carbocycles. The summed E-state index contributed by atoms with van der Waals surface area (Å²) in [7, 11) is 3.75. The summed E-state index contributed by atoms with van der Waals surface area (Å²) in [4.78, 5) is 0. The molecule has 3 rings (SSSR count). The van der Waals surface area contributed by atoms with E-state index >= 15 is 0 Å². The van der Waals surface area contributed by atoms with Gasteiger partial charge in [0.15, 0.2) is 0 Å². The maximum atomic E-state index is 6.44. The molecule has 1 spiro atoms. The van der Waals surface area contributed by atoms with Crippen molar-refractivity contribution in [1.29, 1.82) is 0 Å². The Morgan fingerprint density at radius 2 is 2.05 bits per heavy atom. The van der Waals surface area contributed by atoms with Crippen molar-refractivity contribution >= 4 is 0 Å². The number of benzene rings is 1. The molecule has 1 aromatic rings. The number of hydrogen-bond acceptors (Lipinski definition) is 3. The number of methoxy groups -OCH3 is 1. The lowest BCUT2D eigenvalue weighted by molar-refractivity contribution is -0.0120. The molecule has 1 aliphatic heterocycles. The Morgan fingerprint density at radius 3 is 2.70 bits per heavy atom. The van der Waals surface area contributed by atoms with Crippen LogP contribution in [0.5, 0.6) is 11.5 Å². The van der Waals surface area contributed by atoms with Crippen molar-refractivity contribution in [2.75, 3.05) is 14.2 Å². The van der Waals surface area contributed by atoms with Gasteiger partial charge in [0.05, 0.1) is 7.11 Å². The molecule has 0 radical (unpaired) electrons. The lowest BCUT2D eigenvalue weighted by Gasteiger charge is -2.45. The number of ether oxygens (including phenoxy) is 2. The Hall–Kier alpha value is -1.22. The fraction of sp³-hybridized carbons (Fsp3) is 0.647. The first-order chi connectivity index (χ1) is 9.65. The Balaban J connectivity index is 1.90. The Morgan fingerprint density at radius 1 is 1.30 bits per heavy atom. The molecule has 3 heteroatoms. The van der Waals surface area contributed by atoms with Crippen LogP contribution in [0.3, 0.4) is 0 Å². The maximum Gasteiger partial charge on any atom is 0.125 e. The quantitative estimate of drug-likeness (QED) is 0.893. The van der Waals surface area contributed by atoms with Crippen LogP contribution < -0.4 is 14.8 Å². The minimum absolute atomic E-state index is 0.0434. The molecule has 1 aliphatic carbocycles. The predicted octanol–water partition coefficient (Wildman–Crippen LogP) is 3.69. The summed E-state index contributed by atoms with van der Waals surface area (Å²) in [6.45, 7) is 2.35. The van der Waals surface area contributed by atoms with Gasteiger partial charge in [-0.3, -0.25) is 0 Å². The van der Waals surface area contributed by atoms with Gasteiger partial charge in [0, 0.05) is 18.0 Å². The van der Waals surface area contributed by atoms with E-state index in [0.717, 1.165) is 23.8 Å². The number of nitrogens with one attached hydrogen (secondary N) is 1. The first-order valence-corrected chi connectivity index (χ1v) is 7.70. The molecule has 0 saturated heterocycles. The number of fused-ring (bicyclic) bond motifs is 1. The Labute approximate surface area is 121 Å². The van der Waals surface area contributed by atoms with Gasteiger partial charge >= 0.3 is 0 Å². The standard InChI is InChI=1S/C17H25NO2/c1-12-6-8-17(9-7-12)11-15(18-2)14-10-13(19-3)4-5-16(14)20-17/h4-5,10,12,15,18H,6-9,11H2,1-3H3. The molecule has 110 valence electrons. The third-order valence-corrected chi connectivity index (χ3v) is 5.03. The maximum absolute atomic E-state index is 6.44. The van der Waals surface area contributed by atoms with Gasteiger partial charge in [0.1, 0.15) is 17.1 Å². The predicted molar refractivity (Wildman–Crippen MR) is 80.4 cm³/mol. The van der Waals surface area contributed by atoms with Gasteiger partial charge in [0.2, 0.25) is 0 Å². The van der Waals surface area contributed by atoms with E-state index in [0.29, 0.717) is 6.04 Å². The summed E-state index contributed by atoms with van der Waals surface area (Å²) in [6.07, 6.45) is 5.98. The van der Waals surface area contributed by atoms with Gasteiger partial charge in [-0.2, -0.15) is 0 Å². The molecule has 0 bridgehead atoms. The van der Waals surface area contributed by atoms with Crippen molar-refractivity contribution < 1.29 is 9.47 Å². The molecule has 1 unspecified atom stereocenters. The highest BCUT2D eigenvalue weighted by molar-refractivity contribution is 5.44. The molecule has 1 atom stereocenters. The Bertz CT molecular complexity index is 478. The summed E-state index contributed by atoms with van der Waals surface area (Å²) in [6, 6.07) is 6.53. The largest absolute Gasteiger partial charge is 0.497 e. The Kier molecular flexibility index (Phi) is 3.63. The van der Waals surface area contributed by atoms with Crippen LogP contribution in [0.15, 0.2) is 18.2 Å². The highest BCUT2D eigenvalue weighted by Gasteiger charge is 2.42. The second-order valence-electron chi connectivity index (χ2n) is 6.42. The van der Waals surface area contributed by atoms with Crippen LogP contribution in [-0.4, -0.2) is 19.8 Å². The van der Waals surface area contributed by atoms with E-state index in [1.54, 1.807) is 7.11 Å². The van der Waals surface area contributed by atoms with E-state index in [9.17, 15) is 0 Å². The second kappa shape index (κ2) is 5.28. The van der Waals surface area contributed by atoms with Crippen molar-refractivity contribution in [2.24, 2.45) is 5.92 Å². The van der Waals surface area contributed by atoms with Gasteiger partial charge in [-0.1, -0.05) is 6.92 Å². The summed E-state index contributed by atoms with van der Waals surface area (Å²) < 4.78 is 11.8. The van der Waals surface area contributed by atoms with Crippen molar-refractivity contribution in [3.8, 4) is 11.5 Å². The molecule has 0 amide bonds. The van der Waals surface area contributed by atoms with Crippen LogP contribution >= 0.6 is 0 Å². The lowest BCUT2D eigenvalue weighted by Crippen LogP contribution is -2.46. The number of hydrogen-bond donors (Lipinski definition) is 1. The SMILES string of the molecule is CNC1CC2(CCC(C)CC2)Oc2ccc(OC)cc21. The van der Waals surface area contributed by atoms with Gasteiger partial charge in [-0.15, -0.1) is 0 Å². The van der Waals surface area contributed by atoms with E-state index in [-0.39, 0.29) is 5.60 Å². The lowest BCUT2D eigenvalue weighted by atomic mass is 9.74. The molecule has 0 aromatic heterocycles. The van der Waals surface area contributed by atoms with Gasteiger partial charge in [0.25, 0.3) is 0 Å². The van der Waals surface area contributed by atoms with Crippen LogP contribution in [0.1, 0.15) is 50.6 Å². The van der Waals surface area contributed by atoms with Crippen LogP contribution in [0.4, 0.5) is 0 Å². The van der Waals surface area contributed by atoms with E-state index in [1.807, 2.05) is 13.1 Å². The van der Waals surface area contributed by atoms with Crippen molar-refractivity contribution in [1.82, 2.24) is 5.32 Å². The minimum atomic E-state index is 0.0434. The van der Waals surface area contributed by atoms with Crippen LogP contribution in [0, 0.1) is 5.92 Å². The molecule has 1 N–H and O–H groups in total. The molecular weight excluding hydrogens is 250 g/mol. The average molecular weight is 275 g/mol. The van der Waals surface area contributed by atoms with Gasteiger partial charge < -0.3 is 14.8 Å². The zero-order chi connectivity index (χ0) is 14.2. The first-order valence-electron chi connectivity index (χ1n) is 7.70. The van der Waals surface area contributed by atoms with E-state index in [1.165, 1.54) is 31.2 Å². The van der Waals surface area contributed by atoms with Crippen molar-refractivity contribution in [2.45, 2.75) is 50.7 Å².